The average molecular weight is 283 g/mol. The van der Waals surface area contributed by atoms with Crippen molar-refractivity contribution in [2.75, 3.05) is 13.2 Å². The van der Waals surface area contributed by atoms with E-state index in [2.05, 4.69) is 55.6 Å². The van der Waals surface area contributed by atoms with Gasteiger partial charge in [-0.3, -0.25) is 0 Å². The first-order chi connectivity index (χ1) is 10.3. The van der Waals surface area contributed by atoms with Gasteiger partial charge in [-0.05, 0) is 48.7 Å². The van der Waals surface area contributed by atoms with Crippen molar-refractivity contribution < 1.29 is 4.74 Å². The molecule has 0 fully saturated rings. The lowest BCUT2D eigenvalue weighted by Gasteiger charge is -2.16. The normalized spacial score (nSPS) is 12.1. The monoisotopic (exact) mass is 283 g/mol. The molecule has 0 heterocycles. The topological polar surface area (TPSA) is 21.3 Å². The van der Waals surface area contributed by atoms with E-state index in [1.165, 1.54) is 16.7 Å². The van der Waals surface area contributed by atoms with Gasteiger partial charge in [-0.2, -0.15) is 0 Å². The van der Waals surface area contributed by atoms with Crippen LogP contribution >= 0.6 is 0 Å². The SMILES string of the molecule is CCNC(CC)c1ccc(-c2ccc(OCC)cc2)cc1. The van der Waals surface area contributed by atoms with Gasteiger partial charge in [0.05, 0.1) is 6.61 Å². The Balaban J connectivity index is 2.14. The minimum absolute atomic E-state index is 0.449. The molecule has 2 aromatic carbocycles. The number of nitrogens with one attached hydrogen (secondary N) is 1. The van der Waals surface area contributed by atoms with Gasteiger partial charge in [0.25, 0.3) is 0 Å². The molecule has 1 N–H and O–H groups in total. The van der Waals surface area contributed by atoms with Crippen molar-refractivity contribution >= 4 is 0 Å². The van der Waals surface area contributed by atoms with Crippen molar-refractivity contribution in [3.63, 3.8) is 0 Å². The molecule has 1 unspecified atom stereocenters. The predicted octanol–water partition coefficient (Wildman–Crippen LogP) is 4.81. The van der Waals surface area contributed by atoms with Crippen molar-refractivity contribution in [3.05, 3.63) is 54.1 Å². The van der Waals surface area contributed by atoms with Crippen LogP contribution in [0.15, 0.2) is 48.5 Å². The van der Waals surface area contributed by atoms with Crippen LogP contribution in [0.3, 0.4) is 0 Å². The largest absolute Gasteiger partial charge is 0.494 e. The molecular formula is C19H25NO. The fourth-order valence-corrected chi connectivity index (χ4v) is 2.56. The van der Waals surface area contributed by atoms with Crippen LogP contribution in [0.5, 0.6) is 5.75 Å². The summed E-state index contributed by atoms with van der Waals surface area (Å²) in [6, 6.07) is 17.6. The molecule has 0 amide bonds. The molecule has 0 spiro atoms. The van der Waals surface area contributed by atoms with Crippen LogP contribution < -0.4 is 10.1 Å². The lowest BCUT2D eigenvalue weighted by Crippen LogP contribution is -2.19. The Labute approximate surface area is 128 Å². The summed E-state index contributed by atoms with van der Waals surface area (Å²) in [5.74, 6) is 0.927. The first kappa shape index (κ1) is 15.6. The molecule has 2 heteroatoms. The van der Waals surface area contributed by atoms with Gasteiger partial charge in [0.1, 0.15) is 5.75 Å². The lowest BCUT2D eigenvalue weighted by atomic mass is 9.99. The lowest BCUT2D eigenvalue weighted by molar-refractivity contribution is 0.340. The van der Waals surface area contributed by atoms with Crippen LogP contribution in [0.1, 0.15) is 38.8 Å². The fourth-order valence-electron chi connectivity index (χ4n) is 2.56. The van der Waals surface area contributed by atoms with Gasteiger partial charge in [0, 0.05) is 6.04 Å². The fraction of sp³-hybridized carbons (Fsp3) is 0.368. The molecule has 0 aliphatic rings. The van der Waals surface area contributed by atoms with E-state index in [1.54, 1.807) is 0 Å². The second-order valence-electron chi connectivity index (χ2n) is 5.10. The van der Waals surface area contributed by atoms with Crippen molar-refractivity contribution in [3.8, 4) is 16.9 Å². The average Bonchev–Trinajstić information content (AvgIpc) is 2.54. The molecule has 2 aromatic rings. The van der Waals surface area contributed by atoms with Crippen LogP contribution in [0.4, 0.5) is 0 Å². The van der Waals surface area contributed by atoms with Gasteiger partial charge in [-0.25, -0.2) is 0 Å². The summed E-state index contributed by atoms with van der Waals surface area (Å²) in [4.78, 5) is 0. The molecular weight excluding hydrogens is 258 g/mol. The van der Waals surface area contributed by atoms with Gasteiger partial charge in [0.15, 0.2) is 0 Å². The van der Waals surface area contributed by atoms with Gasteiger partial charge >= 0.3 is 0 Å². The van der Waals surface area contributed by atoms with E-state index in [4.69, 9.17) is 4.74 Å². The Morgan fingerprint density at radius 1 is 0.857 bits per heavy atom. The summed E-state index contributed by atoms with van der Waals surface area (Å²) >= 11 is 0. The Morgan fingerprint density at radius 3 is 1.90 bits per heavy atom. The highest BCUT2D eigenvalue weighted by molar-refractivity contribution is 5.64. The third-order valence-corrected chi connectivity index (χ3v) is 3.67. The van der Waals surface area contributed by atoms with Crippen molar-refractivity contribution in [2.24, 2.45) is 0 Å². The van der Waals surface area contributed by atoms with Gasteiger partial charge in [-0.1, -0.05) is 50.2 Å². The maximum Gasteiger partial charge on any atom is 0.119 e. The minimum atomic E-state index is 0.449. The molecule has 0 bridgehead atoms. The standard InChI is InChI=1S/C19H25NO/c1-4-19(20-5-2)17-9-7-15(8-10-17)16-11-13-18(14-12-16)21-6-3/h7-14,19-20H,4-6H2,1-3H3. The van der Waals surface area contributed by atoms with Gasteiger partial charge in [0.2, 0.25) is 0 Å². The maximum absolute atomic E-state index is 5.48. The Kier molecular flexibility index (Phi) is 5.82. The van der Waals surface area contributed by atoms with Crippen LogP contribution in [0, 0.1) is 0 Å². The Bertz CT molecular complexity index is 530. The minimum Gasteiger partial charge on any atom is -0.494 e. The van der Waals surface area contributed by atoms with Crippen LogP contribution in [0.2, 0.25) is 0 Å². The number of ether oxygens (including phenoxy) is 1. The Morgan fingerprint density at radius 2 is 1.43 bits per heavy atom. The quantitative estimate of drug-likeness (QED) is 0.787. The molecule has 21 heavy (non-hydrogen) atoms. The molecule has 112 valence electrons. The molecule has 2 nitrogen and oxygen atoms in total. The highest BCUT2D eigenvalue weighted by atomic mass is 16.5. The molecule has 1 atom stereocenters. The number of hydrogen-bond acceptors (Lipinski definition) is 2. The Hall–Kier alpha value is -1.80. The van der Waals surface area contributed by atoms with Crippen molar-refractivity contribution in [1.82, 2.24) is 5.32 Å². The molecule has 0 aliphatic carbocycles. The number of benzene rings is 2. The van der Waals surface area contributed by atoms with E-state index < -0.39 is 0 Å². The number of rotatable bonds is 7. The van der Waals surface area contributed by atoms with Crippen molar-refractivity contribution in [2.45, 2.75) is 33.2 Å². The molecule has 0 saturated heterocycles. The van der Waals surface area contributed by atoms with Gasteiger partial charge < -0.3 is 10.1 Å². The van der Waals surface area contributed by atoms with E-state index in [9.17, 15) is 0 Å². The molecule has 0 aliphatic heterocycles. The van der Waals surface area contributed by atoms with Crippen molar-refractivity contribution in [1.29, 1.82) is 0 Å². The van der Waals surface area contributed by atoms with E-state index in [1.807, 2.05) is 19.1 Å². The first-order valence-corrected chi connectivity index (χ1v) is 7.85. The zero-order valence-corrected chi connectivity index (χ0v) is 13.2. The van der Waals surface area contributed by atoms with E-state index in [0.717, 1.165) is 18.7 Å². The summed E-state index contributed by atoms with van der Waals surface area (Å²) in [5, 5.41) is 3.51. The first-order valence-electron chi connectivity index (χ1n) is 7.85. The maximum atomic E-state index is 5.48. The van der Waals surface area contributed by atoms with Crippen LogP contribution in [0.25, 0.3) is 11.1 Å². The van der Waals surface area contributed by atoms with Crippen LogP contribution in [-0.4, -0.2) is 13.2 Å². The predicted molar refractivity (Wildman–Crippen MR) is 89.8 cm³/mol. The summed E-state index contributed by atoms with van der Waals surface area (Å²) in [6.07, 6.45) is 1.11. The summed E-state index contributed by atoms with van der Waals surface area (Å²) in [7, 11) is 0. The third kappa shape index (κ3) is 4.08. The molecule has 2 rings (SSSR count). The highest BCUT2D eigenvalue weighted by Crippen LogP contribution is 2.25. The van der Waals surface area contributed by atoms with E-state index in [-0.39, 0.29) is 0 Å². The highest BCUT2D eigenvalue weighted by Gasteiger charge is 2.07. The second kappa shape index (κ2) is 7.84. The molecule has 0 aromatic heterocycles. The summed E-state index contributed by atoms with van der Waals surface area (Å²) in [6.45, 7) is 8.07. The molecule has 0 saturated carbocycles. The smallest absolute Gasteiger partial charge is 0.119 e. The van der Waals surface area contributed by atoms with E-state index in [0.29, 0.717) is 12.6 Å². The van der Waals surface area contributed by atoms with Crippen LogP contribution in [-0.2, 0) is 0 Å². The second-order valence-corrected chi connectivity index (χ2v) is 5.10. The zero-order valence-electron chi connectivity index (χ0n) is 13.2. The van der Waals surface area contributed by atoms with E-state index >= 15 is 0 Å². The summed E-state index contributed by atoms with van der Waals surface area (Å²) in [5.41, 5.74) is 3.82. The van der Waals surface area contributed by atoms with Gasteiger partial charge in [-0.15, -0.1) is 0 Å². The summed E-state index contributed by atoms with van der Waals surface area (Å²) < 4.78 is 5.48. The number of hydrogen-bond donors (Lipinski definition) is 1. The third-order valence-electron chi connectivity index (χ3n) is 3.67. The zero-order chi connectivity index (χ0) is 15.1. The molecule has 0 radical (unpaired) electrons.